The van der Waals surface area contributed by atoms with Crippen LogP contribution < -0.4 is 5.73 Å². The number of rotatable bonds is 5. The smallest absolute Gasteiger partial charge is 0.204 e. The molecule has 9 heteroatoms. The van der Waals surface area contributed by atoms with Crippen molar-refractivity contribution < 1.29 is 14.4 Å². The van der Waals surface area contributed by atoms with Gasteiger partial charge in [0.15, 0.2) is 11.6 Å². The van der Waals surface area contributed by atoms with Gasteiger partial charge in [-0.25, -0.2) is 9.97 Å². The second kappa shape index (κ2) is 8.23. The monoisotopic (exact) mass is 434 g/mol. The van der Waals surface area contributed by atoms with Crippen LogP contribution in [0, 0.1) is 6.92 Å². The minimum Gasteiger partial charge on any atom is -0.372 e. The van der Waals surface area contributed by atoms with Crippen molar-refractivity contribution in [1.82, 2.24) is 24.6 Å². The molecule has 2 fully saturated rings. The first kappa shape index (κ1) is 21.8. The highest BCUT2D eigenvalue weighted by Gasteiger charge is 2.57. The molecule has 2 aliphatic rings. The summed E-state index contributed by atoms with van der Waals surface area (Å²) >= 11 is 0. The van der Waals surface area contributed by atoms with Crippen LogP contribution in [-0.2, 0) is 16.1 Å². The van der Waals surface area contributed by atoms with Crippen molar-refractivity contribution in [3.05, 3.63) is 42.1 Å². The molecule has 0 spiro atoms. The molecule has 4 heterocycles. The van der Waals surface area contributed by atoms with E-state index >= 15 is 0 Å². The average molecular weight is 435 g/mol. The molecule has 0 aliphatic carbocycles. The van der Waals surface area contributed by atoms with Crippen LogP contribution in [0.15, 0.2) is 30.6 Å². The molecule has 5 rings (SSSR count). The van der Waals surface area contributed by atoms with Crippen molar-refractivity contribution in [2.45, 2.75) is 51.7 Å². The largest absolute Gasteiger partial charge is 0.372 e. The molecule has 2 aliphatic heterocycles. The Hall–Kier alpha value is -3.46. The normalized spacial score (nSPS) is 23.2. The van der Waals surface area contributed by atoms with Crippen LogP contribution in [-0.4, -0.2) is 60.8 Å². The van der Waals surface area contributed by atoms with Crippen LogP contribution in [0.25, 0.3) is 22.0 Å². The van der Waals surface area contributed by atoms with E-state index in [4.69, 9.17) is 4.79 Å². The zero-order valence-electron chi connectivity index (χ0n) is 18.4. The molecule has 2 unspecified atom stereocenters. The van der Waals surface area contributed by atoms with Gasteiger partial charge in [0.05, 0.1) is 11.6 Å². The number of Topliss-reactive ketones (excluding diaryl/α,β-unsaturated/α-hetero) is 2. The lowest BCUT2D eigenvalue weighted by molar-refractivity contribution is -0.123. The van der Waals surface area contributed by atoms with E-state index in [9.17, 15) is 9.59 Å². The van der Waals surface area contributed by atoms with E-state index in [0.29, 0.717) is 11.5 Å². The van der Waals surface area contributed by atoms with Gasteiger partial charge in [0.1, 0.15) is 18.1 Å². The first-order chi connectivity index (χ1) is 15.3. The van der Waals surface area contributed by atoms with Gasteiger partial charge in [-0.1, -0.05) is 6.07 Å². The lowest BCUT2D eigenvalue weighted by Gasteiger charge is -2.12. The molecule has 32 heavy (non-hydrogen) atoms. The standard InChI is InChI=1S/C22H23N5O2.CH3NO/c1-13(28)21-17-8-15(16-9-23-14(2)24-10-16)4-5-18(17)27(25-21)11-20(29)19-6-7-22(3)12-26(19)22;2-1-3/h4-5,8-10,19H,6-7,11-12H2,1-3H3;1H,(H2,2,3)/t19?,22-,26?;/m1./s1. The first-order valence-electron chi connectivity index (χ1n) is 10.5. The number of hydrogen-bond donors (Lipinski definition) is 1. The third kappa shape index (κ3) is 3.91. The summed E-state index contributed by atoms with van der Waals surface area (Å²) in [6.07, 6.45) is 5.77. The predicted octanol–water partition coefficient (Wildman–Crippen LogP) is 1.91. The van der Waals surface area contributed by atoms with Crippen LogP contribution in [0.3, 0.4) is 0 Å². The molecule has 1 amide bonds. The summed E-state index contributed by atoms with van der Waals surface area (Å²) in [4.78, 5) is 44.5. The zero-order valence-corrected chi connectivity index (χ0v) is 18.4. The maximum atomic E-state index is 12.9. The van der Waals surface area contributed by atoms with E-state index in [0.717, 1.165) is 41.4 Å². The molecular weight excluding hydrogens is 408 g/mol. The number of primary amides is 1. The van der Waals surface area contributed by atoms with Gasteiger partial charge in [-0.3, -0.25) is 24.0 Å². The van der Waals surface area contributed by atoms with Crippen molar-refractivity contribution in [2.75, 3.05) is 6.54 Å². The number of carbonyl (C=O) groups is 3. The van der Waals surface area contributed by atoms with Crippen molar-refractivity contribution in [3.8, 4) is 11.1 Å². The van der Waals surface area contributed by atoms with E-state index in [2.05, 4.69) is 32.6 Å². The van der Waals surface area contributed by atoms with Gasteiger partial charge in [0.2, 0.25) is 6.41 Å². The van der Waals surface area contributed by atoms with E-state index in [1.165, 1.54) is 6.92 Å². The van der Waals surface area contributed by atoms with Crippen LogP contribution in [0.1, 0.15) is 43.0 Å². The van der Waals surface area contributed by atoms with Gasteiger partial charge in [-0.15, -0.1) is 0 Å². The minimum absolute atomic E-state index is 0.0241. The molecule has 1 aromatic carbocycles. The van der Waals surface area contributed by atoms with Crippen LogP contribution in [0.4, 0.5) is 0 Å². The second-order valence-electron chi connectivity index (χ2n) is 8.60. The van der Waals surface area contributed by atoms with Crippen molar-refractivity contribution in [2.24, 2.45) is 5.73 Å². The van der Waals surface area contributed by atoms with E-state index in [-0.39, 0.29) is 36.1 Å². The van der Waals surface area contributed by atoms with E-state index < -0.39 is 0 Å². The van der Waals surface area contributed by atoms with Gasteiger partial charge in [0, 0.05) is 42.4 Å². The first-order valence-corrected chi connectivity index (χ1v) is 10.5. The summed E-state index contributed by atoms with van der Waals surface area (Å²) in [5.74, 6) is 0.764. The molecule has 0 radical (unpaired) electrons. The van der Waals surface area contributed by atoms with Gasteiger partial charge < -0.3 is 5.73 Å². The molecule has 3 atom stereocenters. The maximum Gasteiger partial charge on any atom is 0.204 e. The van der Waals surface area contributed by atoms with Crippen molar-refractivity contribution in [1.29, 1.82) is 0 Å². The van der Waals surface area contributed by atoms with Crippen molar-refractivity contribution >= 4 is 28.9 Å². The van der Waals surface area contributed by atoms with Gasteiger partial charge >= 0.3 is 0 Å². The number of ketones is 2. The highest BCUT2D eigenvalue weighted by atomic mass is 16.1. The Bertz CT molecular complexity index is 1200. The van der Waals surface area contributed by atoms with Crippen molar-refractivity contribution in [3.63, 3.8) is 0 Å². The number of aromatic nitrogens is 4. The molecule has 2 N–H and O–H groups in total. The number of piperidine rings is 1. The van der Waals surface area contributed by atoms with Crippen LogP contribution >= 0.6 is 0 Å². The molecule has 2 aromatic heterocycles. The molecule has 166 valence electrons. The molecule has 9 nitrogen and oxygen atoms in total. The Balaban J connectivity index is 0.000000775. The van der Waals surface area contributed by atoms with Gasteiger partial charge in [0.25, 0.3) is 0 Å². The molecule has 2 saturated heterocycles. The second-order valence-corrected chi connectivity index (χ2v) is 8.60. The number of nitrogens with two attached hydrogens (primary N) is 1. The fourth-order valence-electron chi connectivity index (χ4n) is 4.51. The lowest BCUT2D eigenvalue weighted by Crippen LogP contribution is -2.30. The number of fused-ring (bicyclic) bond motifs is 2. The predicted molar refractivity (Wildman–Crippen MR) is 119 cm³/mol. The fourth-order valence-corrected chi connectivity index (χ4v) is 4.51. The summed E-state index contributed by atoms with van der Waals surface area (Å²) in [5.41, 5.74) is 7.38. The maximum absolute atomic E-state index is 12.9. The average Bonchev–Trinajstić information content (AvgIpc) is 3.12. The molecule has 3 aromatic rings. The summed E-state index contributed by atoms with van der Waals surface area (Å²) in [6.45, 7) is 6.76. The van der Waals surface area contributed by atoms with E-state index in [1.807, 2.05) is 25.1 Å². The Morgan fingerprint density at radius 2 is 1.94 bits per heavy atom. The van der Waals surface area contributed by atoms with Crippen LogP contribution in [0.5, 0.6) is 0 Å². The van der Waals surface area contributed by atoms with Gasteiger partial charge in [-0.05, 0) is 44.4 Å². The summed E-state index contributed by atoms with van der Waals surface area (Å²) < 4.78 is 1.68. The quantitative estimate of drug-likeness (QED) is 0.369. The lowest BCUT2D eigenvalue weighted by atomic mass is 10.0. The number of hydrogen-bond acceptors (Lipinski definition) is 7. The third-order valence-electron chi connectivity index (χ3n) is 6.31. The minimum atomic E-state index is -0.113. The van der Waals surface area contributed by atoms with Gasteiger partial charge in [-0.2, -0.15) is 5.10 Å². The van der Waals surface area contributed by atoms with Crippen LogP contribution in [0.2, 0.25) is 0 Å². The topological polar surface area (TPSA) is 124 Å². The molecule has 0 bridgehead atoms. The summed E-state index contributed by atoms with van der Waals surface area (Å²) in [7, 11) is 0. The number of carbonyl (C=O) groups excluding carboxylic acids is 3. The summed E-state index contributed by atoms with van der Waals surface area (Å²) in [5, 5.41) is 5.26. The number of nitrogens with zero attached hydrogens (tertiary/aromatic N) is 5. The SMILES string of the molecule is CC(=O)c1nn(CC(=O)C2CC[C@]3(C)CN23)c2ccc(-c3cnc(C)nc3)cc12.NC=O. The number of amides is 1. The number of benzene rings is 1. The Morgan fingerprint density at radius 1 is 1.25 bits per heavy atom. The Labute approximate surface area is 185 Å². The highest BCUT2D eigenvalue weighted by Crippen LogP contribution is 2.46. The highest BCUT2D eigenvalue weighted by molar-refractivity contribution is 6.06. The Morgan fingerprint density at radius 3 is 2.50 bits per heavy atom. The molecule has 0 saturated carbocycles. The third-order valence-corrected chi connectivity index (χ3v) is 6.31. The van der Waals surface area contributed by atoms with E-state index in [1.54, 1.807) is 17.1 Å². The molecular formula is C23H26N6O3. The summed E-state index contributed by atoms with van der Waals surface area (Å²) in [6, 6.07) is 5.79. The fraction of sp³-hybridized carbons (Fsp3) is 0.391. The Kier molecular flexibility index (Phi) is 5.60. The number of aryl methyl sites for hydroxylation is 1. The zero-order chi connectivity index (χ0) is 23.0.